The lowest BCUT2D eigenvalue weighted by Gasteiger charge is -2.46. The van der Waals surface area contributed by atoms with Gasteiger partial charge in [-0.05, 0) is 25.7 Å². The number of β-amino-alcohol motifs (C(OH)–C–C–N with tert-alkyl or cyclic N) is 1. The molecule has 2 aliphatic rings. The van der Waals surface area contributed by atoms with Gasteiger partial charge in [0.25, 0.3) is 0 Å². The first-order chi connectivity index (χ1) is 7.16. The van der Waals surface area contributed by atoms with Crippen LogP contribution < -0.4 is 0 Å². The Labute approximate surface area is 93.8 Å². The highest BCUT2D eigenvalue weighted by Crippen LogP contribution is 2.44. The first-order valence-electron chi connectivity index (χ1n) is 5.51. The van der Waals surface area contributed by atoms with Crippen molar-refractivity contribution in [2.24, 2.45) is 5.92 Å². The maximum atomic E-state index is 10.1. The number of aryl methyl sites for hydroxylation is 1. The third kappa shape index (κ3) is 1.82. The van der Waals surface area contributed by atoms with Crippen LogP contribution in [0.25, 0.3) is 0 Å². The number of hydrogen-bond acceptors (Lipinski definition) is 4. The Hall–Kier alpha value is -0.450. The highest BCUT2D eigenvalue weighted by molar-refractivity contribution is 7.09. The molecule has 0 aromatic carbocycles. The lowest BCUT2D eigenvalue weighted by atomic mass is 9.89. The van der Waals surface area contributed by atoms with Gasteiger partial charge in [0.1, 0.15) is 5.01 Å². The highest BCUT2D eigenvalue weighted by atomic mass is 32.1. The van der Waals surface area contributed by atoms with Crippen LogP contribution in [-0.2, 0) is 6.54 Å². The van der Waals surface area contributed by atoms with Crippen LogP contribution in [0.4, 0.5) is 0 Å². The second kappa shape index (κ2) is 3.27. The van der Waals surface area contributed by atoms with Crippen LogP contribution in [0.1, 0.15) is 23.5 Å². The van der Waals surface area contributed by atoms with Gasteiger partial charge in [0.15, 0.2) is 0 Å². The predicted octanol–water partition coefficient (Wildman–Crippen LogP) is 1.41. The van der Waals surface area contributed by atoms with Gasteiger partial charge in [0.05, 0.1) is 12.1 Å². The number of thiazole rings is 1. The summed E-state index contributed by atoms with van der Waals surface area (Å²) in [6.07, 6.45) is 2.45. The Morgan fingerprint density at radius 1 is 1.60 bits per heavy atom. The van der Waals surface area contributed by atoms with Crippen molar-refractivity contribution in [1.29, 1.82) is 0 Å². The number of nitrogens with zero attached hydrogens (tertiary/aromatic N) is 2. The molecule has 4 heteroatoms. The van der Waals surface area contributed by atoms with E-state index in [1.54, 1.807) is 11.3 Å². The molecule has 0 atom stereocenters. The van der Waals surface area contributed by atoms with Crippen molar-refractivity contribution in [3.05, 3.63) is 16.1 Å². The Bertz CT molecular complexity index is 366. The van der Waals surface area contributed by atoms with E-state index < -0.39 is 0 Å². The molecule has 0 amide bonds. The molecule has 1 aromatic rings. The lowest BCUT2D eigenvalue weighted by Crippen LogP contribution is -2.62. The first-order valence-corrected chi connectivity index (χ1v) is 6.39. The van der Waals surface area contributed by atoms with E-state index in [1.165, 1.54) is 17.8 Å². The van der Waals surface area contributed by atoms with Crippen LogP contribution in [-0.4, -0.2) is 33.7 Å². The Kier molecular flexibility index (Phi) is 2.13. The quantitative estimate of drug-likeness (QED) is 0.843. The van der Waals surface area contributed by atoms with Crippen LogP contribution in [0.15, 0.2) is 5.38 Å². The molecular weight excluding hydrogens is 208 g/mol. The minimum absolute atomic E-state index is 0.355. The molecule has 1 aliphatic carbocycles. The number of rotatable bonds is 3. The van der Waals surface area contributed by atoms with Gasteiger partial charge in [0.2, 0.25) is 0 Å². The van der Waals surface area contributed by atoms with Crippen LogP contribution in [0.3, 0.4) is 0 Å². The summed E-state index contributed by atoms with van der Waals surface area (Å²) in [6.45, 7) is 4.62. The standard InChI is InChI=1S/C11H16N2OS/c1-8-5-15-10(12-8)4-13-6-11(14,7-13)9-2-3-9/h5,9,14H,2-4,6-7H2,1H3. The van der Waals surface area contributed by atoms with Gasteiger partial charge in [-0.1, -0.05) is 0 Å². The smallest absolute Gasteiger partial charge is 0.107 e. The highest BCUT2D eigenvalue weighted by Gasteiger charge is 2.51. The zero-order chi connectivity index (χ0) is 10.5. The summed E-state index contributed by atoms with van der Waals surface area (Å²) in [6, 6.07) is 0. The van der Waals surface area contributed by atoms with Crippen molar-refractivity contribution in [1.82, 2.24) is 9.88 Å². The first kappa shape index (κ1) is 9.75. The van der Waals surface area contributed by atoms with Crippen molar-refractivity contribution in [3.8, 4) is 0 Å². The minimum atomic E-state index is -0.355. The van der Waals surface area contributed by atoms with E-state index in [-0.39, 0.29) is 5.60 Å². The third-order valence-electron chi connectivity index (χ3n) is 3.36. The number of aliphatic hydroxyl groups is 1. The van der Waals surface area contributed by atoms with Gasteiger partial charge < -0.3 is 5.11 Å². The van der Waals surface area contributed by atoms with E-state index >= 15 is 0 Å². The number of aromatic nitrogens is 1. The van der Waals surface area contributed by atoms with Crippen molar-refractivity contribution in [3.63, 3.8) is 0 Å². The van der Waals surface area contributed by atoms with Crippen molar-refractivity contribution < 1.29 is 5.11 Å². The monoisotopic (exact) mass is 224 g/mol. The average Bonchev–Trinajstić information content (AvgIpc) is 2.90. The molecule has 15 heavy (non-hydrogen) atoms. The van der Waals surface area contributed by atoms with E-state index in [4.69, 9.17) is 0 Å². The molecule has 3 rings (SSSR count). The SMILES string of the molecule is Cc1csc(CN2CC(O)(C3CC3)C2)n1. The third-order valence-corrected chi connectivity index (χ3v) is 4.31. The largest absolute Gasteiger partial charge is 0.387 e. The number of likely N-dealkylation sites (tertiary alicyclic amines) is 1. The molecule has 0 radical (unpaired) electrons. The van der Waals surface area contributed by atoms with Gasteiger partial charge in [-0.3, -0.25) is 4.90 Å². The molecule has 1 aromatic heterocycles. The van der Waals surface area contributed by atoms with Crippen LogP contribution in [0, 0.1) is 12.8 Å². The van der Waals surface area contributed by atoms with E-state index in [9.17, 15) is 5.11 Å². The molecule has 82 valence electrons. The van der Waals surface area contributed by atoms with Crippen LogP contribution in [0.2, 0.25) is 0 Å². The van der Waals surface area contributed by atoms with E-state index in [1.807, 2.05) is 6.92 Å². The molecule has 1 N–H and O–H groups in total. The normalized spacial score (nSPS) is 25.2. The second-order valence-electron chi connectivity index (χ2n) is 4.91. The fourth-order valence-corrected chi connectivity index (χ4v) is 3.20. The molecule has 3 nitrogen and oxygen atoms in total. The fourth-order valence-electron chi connectivity index (χ4n) is 2.39. The Morgan fingerprint density at radius 2 is 2.33 bits per heavy atom. The molecule has 0 spiro atoms. The van der Waals surface area contributed by atoms with Crippen molar-refractivity contribution in [2.45, 2.75) is 31.9 Å². The van der Waals surface area contributed by atoms with Gasteiger partial charge in [-0.25, -0.2) is 4.98 Å². The number of hydrogen-bond donors (Lipinski definition) is 1. The van der Waals surface area contributed by atoms with Gasteiger partial charge >= 0.3 is 0 Å². The zero-order valence-corrected chi connectivity index (χ0v) is 9.76. The molecule has 2 fully saturated rings. The van der Waals surface area contributed by atoms with Gasteiger partial charge in [0, 0.05) is 24.2 Å². The molecule has 1 saturated heterocycles. The summed E-state index contributed by atoms with van der Waals surface area (Å²) in [4.78, 5) is 6.72. The summed E-state index contributed by atoms with van der Waals surface area (Å²) in [7, 11) is 0. The molecule has 2 heterocycles. The topological polar surface area (TPSA) is 36.4 Å². The Balaban J connectivity index is 1.55. The molecular formula is C11H16N2OS. The fraction of sp³-hybridized carbons (Fsp3) is 0.727. The molecule has 0 unspecified atom stereocenters. The van der Waals surface area contributed by atoms with Crippen molar-refractivity contribution in [2.75, 3.05) is 13.1 Å². The average molecular weight is 224 g/mol. The summed E-state index contributed by atoms with van der Waals surface area (Å²) >= 11 is 1.72. The lowest BCUT2D eigenvalue weighted by molar-refractivity contribution is -0.116. The van der Waals surface area contributed by atoms with Gasteiger partial charge in [-0.2, -0.15) is 0 Å². The van der Waals surface area contributed by atoms with Gasteiger partial charge in [-0.15, -0.1) is 11.3 Å². The molecule has 0 bridgehead atoms. The summed E-state index contributed by atoms with van der Waals surface area (Å²) in [5.41, 5.74) is 0.750. The molecule has 1 saturated carbocycles. The van der Waals surface area contributed by atoms with E-state index in [0.717, 1.165) is 25.3 Å². The maximum Gasteiger partial charge on any atom is 0.107 e. The van der Waals surface area contributed by atoms with E-state index in [0.29, 0.717) is 5.92 Å². The zero-order valence-electron chi connectivity index (χ0n) is 8.94. The van der Waals surface area contributed by atoms with Crippen molar-refractivity contribution >= 4 is 11.3 Å². The molecule has 1 aliphatic heterocycles. The van der Waals surface area contributed by atoms with Crippen LogP contribution in [0.5, 0.6) is 0 Å². The second-order valence-corrected chi connectivity index (χ2v) is 5.85. The van der Waals surface area contributed by atoms with E-state index in [2.05, 4.69) is 15.3 Å². The predicted molar refractivity (Wildman–Crippen MR) is 59.8 cm³/mol. The summed E-state index contributed by atoms with van der Waals surface area (Å²) in [5.74, 6) is 0.590. The summed E-state index contributed by atoms with van der Waals surface area (Å²) < 4.78 is 0. The Morgan fingerprint density at radius 3 is 2.87 bits per heavy atom. The summed E-state index contributed by atoms with van der Waals surface area (Å²) in [5, 5.41) is 13.4. The minimum Gasteiger partial charge on any atom is -0.387 e. The maximum absolute atomic E-state index is 10.1. The van der Waals surface area contributed by atoms with Crippen LogP contribution >= 0.6 is 11.3 Å².